The van der Waals surface area contributed by atoms with Crippen LogP contribution in [-0.2, 0) is 0 Å². The minimum atomic E-state index is -0.939. The van der Waals surface area contributed by atoms with Gasteiger partial charge in [-0.3, -0.25) is 4.90 Å². The Morgan fingerprint density at radius 3 is 2.24 bits per heavy atom. The summed E-state index contributed by atoms with van der Waals surface area (Å²) in [5, 5.41) is 0. The Hall–Kier alpha value is -1.16. The first-order valence-electron chi connectivity index (χ1n) is 5.88. The highest BCUT2D eigenvalue weighted by Gasteiger charge is 2.22. The summed E-state index contributed by atoms with van der Waals surface area (Å²) in [6.07, 6.45) is -0.651. The number of piperazine rings is 1. The van der Waals surface area contributed by atoms with Gasteiger partial charge in [-0.15, -0.1) is 0 Å². The Kier molecular flexibility index (Phi) is 3.94. The molecule has 0 aromatic heterocycles. The Labute approximate surface area is 101 Å². The van der Waals surface area contributed by atoms with Crippen molar-refractivity contribution in [3.05, 3.63) is 37.0 Å². The first-order chi connectivity index (χ1) is 8.20. The van der Waals surface area contributed by atoms with Gasteiger partial charge in [-0.1, -0.05) is 0 Å². The number of benzene rings is 1. The zero-order chi connectivity index (χ0) is 12.3. The summed E-state index contributed by atoms with van der Waals surface area (Å²) >= 11 is 0. The molecule has 0 spiro atoms. The lowest BCUT2D eigenvalue weighted by Gasteiger charge is -2.37. The molecule has 0 aliphatic carbocycles. The van der Waals surface area contributed by atoms with Gasteiger partial charge in [-0.05, 0) is 37.6 Å². The normalized spacial score (nSPS) is 19.4. The number of nitrogens with zero attached hydrogens (tertiary/aromatic N) is 2. The number of halogens is 2. The summed E-state index contributed by atoms with van der Waals surface area (Å²) < 4.78 is 26.2. The van der Waals surface area contributed by atoms with Gasteiger partial charge in [0.05, 0.1) is 0 Å². The summed E-state index contributed by atoms with van der Waals surface area (Å²) in [5.41, 5.74) is 0.996. The highest BCUT2D eigenvalue weighted by molar-refractivity contribution is 5.46. The fourth-order valence-corrected chi connectivity index (χ4v) is 2.09. The van der Waals surface area contributed by atoms with Gasteiger partial charge in [0.25, 0.3) is 0 Å². The highest BCUT2D eigenvalue weighted by atomic mass is 19.1. The van der Waals surface area contributed by atoms with E-state index in [-0.39, 0.29) is 12.2 Å². The third-order valence-corrected chi connectivity index (χ3v) is 3.14. The van der Waals surface area contributed by atoms with Crippen molar-refractivity contribution in [3.8, 4) is 0 Å². The van der Waals surface area contributed by atoms with Crippen LogP contribution in [0.5, 0.6) is 0 Å². The molecule has 0 saturated carbocycles. The molecule has 1 radical (unpaired) electrons. The molecule has 0 amide bonds. The van der Waals surface area contributed by atoms with Gasteiger partial charge < -0.3 is 4.90 Å². The molecular weight excluding hydrogens is 222 g/mol. The Morgan fingerprint density at radius 1 is 1.12 bits per heavy atom. The maximum atomic E-state index is 13.4. The topological polar surface area (TPSA) is 6.48 Å². The van der Waals surface area contributed by atoms with Crippen LogP contribution in [0.4, 0.5) is 14.5 Å². The first-order valence-corrected chi connectivity index (χ1v) is 5.88. The van der Waals surface area contributed by atoms with Crippen molar-refractivity contribution >= 4 is 5.69 Å². The van der Waals surface area contributed by atoms with Crippen molar-refractivity contribution in [2.45, 2.75) is 12.7 Å². The van der Waals surface area contributed by atoms with Crippen LogP contribution < -0.4 is 4.90 Å². The van der Waals surface area contributed by atoms with Gasteiger partial charge in [0.1, 0.15) is 5.82 Å². The molecular formula is C13H17F2N2. The van der Waals surface area contributed by atoms with Crippen LogP contribution >= 0.6 is 0 Å². The number of anilines is 1. The first kappa shape index (κ1) is 12.3. The molecule has 2 rings (SSSR count). The van der Waals surface area contributed by atoms with Gasteiger partial charge in [0.2, 0.25) is 0 Å². The molecule has 1 aliphatic heterocycles. The van der Waals surface area contributed by atoms with E-state index in [1.807, 2.05) is 0 Å². The lowest BCUT2D eigenvalue weighted by atomic mass is 10.2. The Morgan fingerprint density at radius 2 is 1.71 bits per heavy atom. The monoisotopic (exact) mass is 239 g/mol. The van der Waals surface area contributed by atoms with Crippen LogP contribution in [0.15, 0.2) is 24.3 Å². The quantitative estimate of drug-likeness (QED) is 0.748. The number of rotatable bonds is 3. The lowest BCUT2D eigenvalue weighted by Crippen LogP contribution is -2.49. The van der Waals surface area contributed by atoms with Crippen molar-refractivity contribution < 1.29 is 8.78 Å². The minimum Gasteiger partial charge on any atom is -0.369 e. The zero-order valence-electron chi connectivity index (χ0n) is 9.78. The lowest BCUT2D eigenvalue weighted by molar-refractivity contribution is 0.0784. The van der Waals surface area contributed by atoms with E-state index in [0.717, 1.165) is 18.8 Å². The van der Waals surface area contributed by atoms with Crippen LogP contribution in [0.1, 0.15) is 6.42 Å². The van der Waals surface area contributed by atoms with Crippen molar-refractivity contribution in [2.75, 3.05) is 31.1 Å². The fourth-order valence-electron chi connectivity index (χ4n) is 2.09. The Balaban J connectivity index is 1.93. The van der Waals surface area contributed by atoms with Crippen LogP contribution in [0.2, 0.25) is 0 Å². The predicted octanol–water partition coefficient (Wildman–Crippen LogP) is 2.47. The molecule has 1 aromatic carbocycles. The van der Waals surface area contributed by atoms with Gasteiger partial charge in [0.15, 0.2) is 6.30 Å². The smallest absolute Gasteiger partial charge is 0.153 e. The summed E-state index contributed by atoms with van der Waals surface area (Å²) in [6, 6.07) is 6.43. The van der Waals surface area contributed by atoms with E-state index in [0.29, 0.717) is 13.1 Å². The van der Waals surface area contributed by atoms with E-state index in [2.05, 4.69) is 11.8 Å². The standard InChI is InChI=1S/C13H17F2N2/c1-2-13(15)17-9-7-16(8-10-17)12-5-3-11(14)4-6-12/h3-6,13H,1-2,7-10H2. The van der Waals surface area contributed by atoms with E-state index in [1.54, 1.807) is 17.0 Å². The summed E-state index contributed by atoms with van der Waals surface area (Å²) in [5.74, 6) is -0.228. The van der Waals surface area contributed by atoms with Crippen LogP contribution in [0, 0.1) is 12.7 Å². The van der Waals surface area contributed by atoms with Crippen molar-refractivity contribution in [3.63, 3.8) is 0 Å². The molecule has 17 heavy (non-hydrogen) atoms. The van der Waals surface area contributed by atoms with Crippen LogP contribution in [-0.4, -0.2) is 37.4 Å². The molecule has 1 saturated heterocycles. The zero-order valence-corrected chi connectivity index (χ0v) is 9.78. The Bertz CT molecular complexity index is 345. The molecule has 1 heterocycles. The largest absolute Gasteiger partial charge is 0.369 e. The second kappa shape index (κ2) is 5.45. The van der Waals surface area contributed by atoms with Gasteiger partial charge in [-0.2, -0.15) is 0 Å². The molecule has 0 N–H and O–H groups in total. The maximum absolute atomic E-state index is 13.4. The van der Waals surface area contributed by atoms with E-state index in [4.69, 9.17) is 0 Å². The van der Waals surface area contributed by atoms with E-state index < -0.39 is 6.30 Å². The second-order valence-electron chi connectivity index (χ2n) is 4.22. The molecule has 0 bridgehead atoms. The minimum absolute atomic E-state index is 0.228. The van der Waals surface area contributed by atoms with Gasteiger partial charge >= 0.3 is 0 Å². The molecule has 1 atom stereocenters. The SMILES string of the molecule is [CH2]CC(F)N1CCN(c2ccc(F)cc2)CC1. The number of hydrogen-bond donors (Lipinski definition) is 0. The van der Waals surface area contributed by atoms with Gasteiger partial charge in [0, 0.05) is 31.9 Å². The highest BCUT2D eigenvalue weighted by Crippen LogP contribution is 2.18. The van der Waals surface area contributed by atoms with Crippen LogP contribution in [0.3, 0.4) is 0 Å². The van der Waals surface area contributed by atoms with E-state index in [1.165, 1.54) is 12.1 Å². The summed E-state index contributed by atoms with van der Waals surface area (Å²) in [7, 11) is 0. The fraction of sp³-hybridized carbons (Fsp3) is 0.462. The second-order valence-corrected chi connectivity index (χ2v) is 4.22. The van der Waals surface area contributed by atoms with E-state index >= 15 is 0 Å². The maximum Gasteiger partial charge on any atom is 0.153 e. The molecule has 1 fully saturated rings. The van der Waals surface area contributed by atoms with Crippen molar-refractivity contribution in [1.29, 1.82) is 0 Å². The average Bonchev–Trinajstić information content (AvgIpc) is 2.39. The predicted molar refractivity (Wildman–Crippen MR) is 65.1 cm³/mol. The average molecular weight is 239 g/mol. The molecule has 1 aliphatic rings. The van der Waals surface area contributed by atoms with E-state index in [9.17, 15) is 8.78 Å². The molecule has 2 nitrogen and oxygen atoms in total. The summed E-state index contributed by atoms with van der Waals surface area (Å²) in [4.78, 5) is 3.94. The molecule has 93 valence electrons. The van der Waals surface area contributed by atoms with Gasteiger partial charge in [-0.25, -0.2) is 8.78 Å². The molecule has 1 aromatic rings. The van der Waals surface area contributed by atoms with Crippen LogP contribution in [0.25, 0.3) is 0 Å². The molecule has 1 unspecified atom stereocenters. The third kappa shape index (κ3) is 2.94. The number of alkyl halides is 1. The van der Waals surface area contributed by atoms with Crippen molar-refractivity contribution in [2.24, 2.45) is 0 Å². The summed E-state index contributed by atoms with van der Waals surface area (Å²) in [6.45, 7) is 6.49. The number of hydrogen-bond acceptors (Lipinski definition) is 2. The third-order valence-electron chi connectivity index (χ3n) is 3.14. The molecule has 4 heteroatoms. The van der Waals surface area contributed by atoms with Crippen molar-refractivity contribution in [1.82, 2.24) is 4.90 Å².